The Morgan fingerprint density at radius 3 is 2.32 bits per heavy atom. The molecule has 1 atom stereocenters. The van der Waals surface area contributed by atoms with Crippen LogP contribution in [0.4, 0.5) is 0 Å². The lowest BCUT2D eigenvalue weighted by atomic mass is 10.1. The van der Waals surface area contributed by atoms with E-state index in [2.05, 4.69) is 10.6 Å². The summed E-state index contributed by atoms with van der Waals surface area (Å²) in [5.41, 5.74) is 0. The van der Waals surface area contributed by atoms with Crippen LogP contribution in [0.25, 0.3) is 0 Å². The van der Waals surface area contributed by atoms with Crippen molar-refractivity contribution in [3.63, 3.8) is 0 Å². The molecule has 0 aromatic rings. The van der Waals surface area contributed by atoms with Crippen LogP contribution in [-0.2, 0) is 14.4 Å². The highest BCUT2D eigenvalue weighted by molar-refractivity contribution is 5.91. The molecule has 2 N–H and O–H groups in total. The second-order valence-electron chi connectivity index (χ2n) is 4.57. The van der Waals surface area contributed by atoms with Gasteiger partial charge in [-0.15, -0.1) is 0 Å². The minimum absolute atomic E-state index is 0.0529. The standard InChI is InChI=1S/C13H25N3O3/c1-5-6-12(18)16(4)11(9-10(2)17)13(19)15-8-7-14-3/h11,14H,5-9H2,1-4H3,(H,15,19). The van der Waals surface area contributed by atoms with Crippen molar-refractivity contribution >= 4 is 17.6 Å². The fourth-order valence-corrected chi connectivity index (χ4v) is 1.67. The van der Waals surface area contributed by atoms with Gasteiger partial charge in [-0.3, -0.25) is 14.4 Å². The van der Waals surface area contributed by atoms with Gasteiger partial charge in [-0.05, 0) is 20.4 Å². The lowest BCUT2D eigenvalue weighted by Gasteiger charge is -2.26. The Morgan fingerprint density at radius 2 is 1.84 bits per heavy atom. The van der Waals surface area contributed by atoms with Crippen LogP contribution in [0.2, 0.25) is 0 Å². The SMILES string of the molecule is CCCC(=O)N(C)C(CC(C)=O)C(=O)NCCNC. The van der Waals surface area contributed by atoms with Crippen LogP contribution in [0.15, 0.2) is 0 Å². The van der Waals surface area contributed by atoms with Crippen LogP contribution in [0, 0.1) is 0 Å². The molecule has 0 radical (unpaired) electrons. The monoisotopic (exact) mass is 271 g/mol. The Kier molecular flexibility index (Phi) is 8.78. The molecule has 0 saturated carbocycles. The zero-order chi connectivity index (χ0) is 14.8. The van der Waals surface area contributed by atoms with Crippen LogP contribution in [0.5, 0.6) is 0 Å². The predicted molar refractivity (Wildman–Crippen MR) is 73.7 cm³/mol. The predicted octanol–water partition coefficient (Wildman–Crippen LogP) is -0.0718. The van der Waals surface area contributed by atoms with Crippen molar-refractivity contribution in [3.8, 4) is 0 Å². The van der Waals surface area contributed by atoms with Gasteiger partial charge in [0.25, 0.3) is 0 Å². The molecular formula is C13H25N3O3. The first-order valence-corrected chi connectivity index (χ1v) is 6.61. The number of rotatable bonds is 9. The van der Waals surface area contributed by atoms with Gasteiger partial charge in [0, 0.05) is 33.0 Å². The third-order valence-corrected chi connectivity index (χ3v) is 2.78. The molecule has 0 bridgehead atoms. The molecule has 0 aliphatic carbocycles. The van der Waals surface area contributed by atoms with E-state index in [1.165, 1.54) is 11.8 Å². The maximum Gasteiger partial charge on any atom is 0.243 e. The third kappa shape index (κ3) is 6.91. The third-order valence-electron chi connectivity index (χ3n) is 2.78. The smallest absolute Gasteiger partial charge is 0.243 e. The fraction of sp³-hybridized carbons (Fsp3) is 0.769. The lowest BCUT2D eigenvalue weighted by molar-refractivity contribution is -0.140. The van der Waals surface area contributed by atoms with Gasteiger partial charge in [-0.2, -0.15) is 0 Å². The van der Waals surface area contributed by atoms with Crippen LogP contribution < -0.4 is 10.6 Å². The molecule has 0 aliphatic heterocycles. The molecule has 2 amide bonds. The fourth-order valence-electron chi connectivity index (χ4n) is 1.67. The molecule has 0 aromatic carbocycles. The number of likely N-dealkylation sites (N-methyl/N-ethyl adjacent to an activating group) is 2. The molecule has 0 aromatic heterocycles. The van der Waals surface area contributed by atoms with Gasteiger partial charge < -0.3 is 15.5 Å². The molecular weight excluding hydrogens is 246 g/mol. The first kappa shape index (κ1) is 17.6. The number of hydrogen-bond acceptors (Lipinski definition) is 4. The highest BCUT2D eigenvalue weighted by Gasteiger charge is 2.27. The van der Waals surface area contributed by atoms with Crippen molar-refractivity contribution in [2.75, 3.05) is 27.2 Å². The Hall–Kier alpha value is -1.43. The number of nitrogens with one attached hydrogen (secondary N) is 2. The van der Waals surface area contributed by atoms with E-state index in [4.69, 9.17) is 0 Å². The summed E-state index contributed by atoms with van der Waals surface area (Å²) in [6, 6.07) is -0.714. The molecule has 0 saturated heterocycles. The van der Waals surface area contributed by atoms with Crippen LogP contribution in [0.3, 0.4) is 0 Å². The van der Waals surface area contributed by atoms with Crippen molar-refractivity contribution in [3.05, 3.63) is 0 Å². The van der Waals surface area contributed by atoms with Gasteiger partial charge in [0.05, 0.1) is 0 Å². The van der Waals surface area contributed by atoms with E-state index < -0.39 is 6.04 Å². The summed E-state index contributed by atoms with van der Waals surface area (Å²) in [7, 11) is 3.36. The second kappa shape index (κ2) is 9.49. The Bertz CT molecular complexity index is 318. The van der Waals surface area contributed by atoms with E-state index in [1.807, 2.05) is 6.92 Å². The first-order chi connectivity index (χ1) is 8.93. The largest absolute Gasteiger partial charge is 0.353 e. The number of nitrogens with zero attached hydrogens (tertiary/aromatic N) is 1. The van der Waals surface area contributed by atoms with E-state index in [1.54, 1.807) is 14.1 Å². The number of hydrogen-bond donors (Lipinski definition) is 2. The molecule has 110 valence electrons. The highest BCUT2D eigenvalue weighted by atomic mass is 16.2. The summed E-state index contributed by atoms with van der Waals surface area (Å²) >= 11 is 0. The molecule has 19 heavy (non-hydrogen) atoms. The van der Waals surface area contributed by atoms with Gasteiger partial charge in [-0.1, -0.05) is 6.92 Å². The molecule has 0 rings (SSSR count). The molecule has 0 fully saturated rings. The van der Waals surface area contributed by atoms with Crippen LogP contribution in [-0.4, -0.2) is 55.7 Å². The average molecular weight is 271 g/mol. The normalized spacial score (nSPS) is 11.8. The van der Waals surface area contributed by atoms with E-state index in [0.29, 0.717) is 19.5 Å². The summed E-state index contributed by atoms with van der Waals surface area (Å²) in [6.45, 7) is 4.44. The van der Waals surface area contributed by atoms with Gasteiger partial charge in [-0.25, -0.2) is 0 Å². The molecule has 6 nitrogen and oxygen atoms in total. The molecule has 1 unspecified atom stereocenters. The number of ketones is 1. The first-order valence-electron chi connectivity index (χ1n) is 6.61. The van der Waals surface area contributed by atoms with Crippen LogP contribution >= 0.6 is 0 Å². The van der Waals surface area contributed by atoms with Crippen molar-refractivity contribution in [2.45, 2.75) is 39.2 Å². The number of carbonyl (C=O) groups excluding carboxylic acids is 3. The zero-order valence-corrected chi connectivity index (χ0v) is 12.3. The minimum Gasteiger partial charge on any atom is -0.353 e. The average Bonchev–Trinajstić information content (AvgIpc) is 2.35. The second-order valence-corrected chi connectivity index (χ2v) is 4.57. The van der Waals surface area contributed by atoms with E-state index in [0.717, 1.165) is 6.42 Å². The Balaban J connectivity index is 4.64. The molecule has 0 aliphatic rings. The molecule has 0 spiro atoms. The van der Waals surface area contributed by atoms with Gasteiger partial charge in [0.2, 0.25) is 11.8 Å². The van der Waals surface area contributed by atoms with Gasteiger partial charge >= 0.3 is 0 Å². The van der Waals surface area contributed by atoms with Crippen molar-refractivity contribution in [1.29, 1.82) is 0 Å². The van der Waals surface area contributed by atoms with E-state index >= 15 is 0 Å². The summed E-state index contributed by atoms with van der Waals surface area (Å²) in [5.74, 6) is -0.500. The topological polar surface area (TPSA) is 78.5 Å². The van der Waals surface area contributed by atoms with Crippen molar-refractivity contribution < 1.29 is 14.4 Å². The quantitative estimate of drug-likeness (QED) is 0.575. The minimum atomic E-state index is -0.714. The number of carbonyl (C=O) groups is 3. The van der Waals surface area contributed by atoms with Crippen molar-refractivity contribution in [2.24, 2.45) is 0 Å². The maximum absolute atomic E-state index is 12.0. The van der Waals surface area contributed by atoms with Crippen molar-refractivity contribution in [1.82, 2.24) is 15.5 Å². The number of Topliss-reactive ketones (excluding diaryl/α,β-unsaturated/α-hetero) is 1. The highest BCUT2D eigenvalue weighted by Crippen LogP contribution is 2.07. The van der Waals surface area contributed by atoms with Gasteiger partial charge in [0.1, 0.15) is 11.8 Å². The van der Waals surface area contributed by atoms with E-state index in [9.17, 15) is 14.4 Å². The molecule has 6 heteroatoms. The maximum atomic E-state index is 12.0. The Labute approximate surface area is 114 Å². The van der Waals surface area contributed by atoms with Crippen LogP contribution in [0.1, 0.15) is 33.1 Å². The summed E-state index contributed by atoms with van der Waals surface area (Å²) in [6.07, 6.45) is 1.16. The zero-order valence-electron chi connectivity index (χ0n) is 12.3. The Morgan fingerprint density at radius 1 is 1.21 bits per heavy atom. The van der Waals surface area contributed by atoms with Gasteiger partial charge in [0.15, 0.2) is 0 Å². The lowest BCUT2D eigenvalue weighted by Crippen LogP contribution is -2.49. The summed E-state index contributed by atoms with van der Waals surface area (Å²) in [5, 5.41) is 5.63. The summed E-state index contributed by atoms with van der Waals surface area (Å²) in [4.78, 5) is 36.5. The number of amides is 2. The van der Waals surface area contributed by atoms with E-state index in [-0.39, 0.29) is 24.0 Å². The molecule has 0 heterocycles. The summed E-state index contributed by atoms with van der Waals surface area (Å²) < 4.78 is 0.